The highest BCUT2D eigenvalue weighted by Gasteiger charge is 2.29. The lowest BCUT2D eigenvalue weighted by atomic mass is 9.81. The van der Waals surface area contributed by atoms with Gasteiger partial charge in [0.05, 0.1) is 11.0 Å². The van der Waals surface area contributed by atoms with Crippen LogP contribution in [0.15, 0.2) is 82.6 Å². The minimum atomic E-state index is -4.85. The van der Waals surface area contributed by atoms with E-state index >= 15 is 0 Å². The number of carbonyl (C=O) groups excluding carboxylic acids is 1. The van der Waals surface area contributed by atoms with Crippen LogP contribution in [0.1, 0.15) is 68.9 Å². The quantitative estimate of drug-likeness (QED) is 0.130. The third kappa shape index (κ3) is 7.24. The van der Waals surface area contributed by atoms with Crippen molar-refractivity contribution in [3.8, 4) is 17.2 Å². The Labute approximate surface area is 252 Å². The van der Waals surface area contributed by atoms with Crippen LogP contribution in [0.2, 0.25) is 0 Å². The lowest BCUT2D eigenvalue weighted by molar-refractivity contribution is 0.103. The number of hydrogen-bond acceptors (Lipinski definition) is 7. The molecule has 1 unspecified atom stereocenters. The molecule has 0 aromatic heterocycles. The van der Waals surface area contributed by atoms with E-state index < -0.39 is 41.2 Å². The highest BCUT2D eigenvalue weighted by Crippen LogP contribution is 2.35. The molecule has 9 nitrogen and oxygen atoms in total. The molecule has 4 aromatic rings. The van der Waals surface area contributed by atoms with Crippen LogP contribution in [-0.4, -0.2) is 37.8 Å². The van der Waals surface area contributed by atoms with E-state index in [-0.39, 0.29) is 28.7 Å². The van der Waals surface area contributed by atoms with Gasteiger partial charge in [-0.2, -0.15) is 16.8 Å². The summed E-state index contributed by atoms with van der Waals surface area (Å²) in [4.78, 5) is 12.3. The van der Waals surface area contributed by atoms with Gasteiger partial charge >= 0.3 is 0 Å². The first-order valence-electron chi connectivity index (χ1n) is 13.7. The fourth-order valence-electron chi connectivity index (χ4n) is 4.51. The van der Waals surface area contributed by atoms with Crippen molar-refractivity contribution in [2.75, 3.05) is 0 Å². The number of ketones is 1. The number of fused-ring (bicyclic) bond motifs is 1. The molecule has 43 heavy (non-hydrogen) atoms. The summed E-state index contributed by atoms with van der Waals surface area (Å²) in [6.07, 6.45) is 1.42. The molecule has 0 spiro atoms. The molecule has 0 saturated heterocycles. The van der Waals surface area contributed by atoms with Crippen LogP contribution < -0.4 is 9.47 Å². The summed E-state index contributed by atoms with van der Waals surface area (Å²) in [5, 5.41) is 1.68. The second-order valence-electron chi connectivity index (χ2n) is 11.0. The topological polar surface area (TPSA) is 144 Å². The van der Waals surface area contributed by atoms with Crippen molar-refractivity contribution >= 4 is 36.8 Å². The van der Waals surface area contributed by atoms with Gasteiger partial charge in [-0.1, -0.05) is 52.0 Å². The van der Waals surface area contributed by atoms with Crippen LogP contribution >= 0.6 is 0 Å². The molecular weight excluding hydrogens is 592 g/mol. The Morgan fingerprint density at radius 1 is 0.767 bits per heavy atom. The molecule has 0 bridgehead atoms. The summed E-state index contributed by atoms with van der Waals surface area (Å²) in [6, 6.07) is 18.2. The second-order valence-corrected chi connectivity index (χ2v) is 13.8. The summed E-state index contributed by atoms with van der Waals surface area (Å²) < 4.78 is 80.7. The highest BCUT2D eigenvalue weighted by atomic mass is 32.2. The van der Waals surface area contributed by atoms with Gasteiger partial charge in [0.1, 0.15) is 22.1 Å². The molecule has 0 aliphatic heterocycles. The number of ether oxygens (including phenoxy) is 2. The molecule has 4 rings (SSSR count). The van der Waals surface area contributed by atoms with E-state index in [0.29, 0.717) is 17.7 Å². The van der Waals surface area contributed by atoms with E-state index in [0.717, 1.165) is 29.3 Å². The predicted octanol–water partition coefficient (Wildman–Crippen LogP) is 7.22. The fourth-order valence-corrected chi connectivity index (χ4v) is 6.05. The van der Waals surface area contributed by atoms with Crippen molar-refractivity contribution in [1.82, 2.24) is 0 Å². The van der Waals surface area contributed by atoms with E-state index in [1.54, 1.807) is 18.2 Å². The van der Waals surface area contributed by atoms with E-state index in [4.69, 9.17) is 9.47 Å². The van der Waals surface area contributed by atoms with E-state index in [1.165, 1.54) is 24.3 Å². The molecule has 11 heteroatoms. The molecule has 1 atom stereocenters. The van der Waals surface area contributed by atoms with Crippen LogP contribution in [-0.2, 0) is 25.7 Å². The van der Waals surface area contributed by atoms with Gasteiger partial charge in [-0.15, -0.1) is 0 Å². The number of carbonyl (C=O) groups is 1. The summed E-state index contributed by atoms with van der Waals surface area (Å²) in [6.45, 7) is 9.47. The minimum Gasteiger partial charge on any atom is -0.491 e. The third-order valence-electron chi connectivity index (χ3n) is 7.54. The molecule has 0 saturated carbocycles. The predicted molar refractivity (Wildman–Crippen MR) is 164 cm³/mol. The Hall–Kier alpha value is -3.77. The zero-order chi connectivity index (χ0) is 31.7. The Balaban J connectivity index is 1.72. The van der Waals surface area contributed by atoms with Crippen molar-refractivity contribution < 1.29 is 40.2 Å². The maximum atomic E-state index is 13.4. The summed E-state index contributed by atoms with van der Waals surface area (Å²) >= 11 is 0. The fraction of sp³-hybridized carbons (Fsp3) is 0.281. The largest absolute Gasteiger partial charge is 0.491 e. The van der Waals surface area contributed by atoms with E-state index in [2.05, 4.69) is 0 Å². The Morgan fingerprint density at radius 2 is 1.33 bits per heavy atom. The lowest BCUT2D eigenvalue weighted by Crippen LogP contribution is -2.20. The van der Waals surface area contributed by atoms with Crippen LogP contribution in [0.5, 0.6) is 17.2 Å². The average Bonchev–Trinajstić information content (AvgIpc) is 2.95. The van der Waals surface area contributed by atoms with Crippen molar-refractivity contribution in [2.45, 2.75) is 68.8 Å². The van der Waals surface area contributed by atoms with Gasteiger partial charge in [0.15, 0.2) is 5.78 Å². The SMILES string of the molecule is CCC(C)Oc1ccc2ccc(Oc3ccc(C(=O)c4ccc(C(C)(C)CC)c(S(=O)(=O)O)c4)cc3S(=O)(=O)O)cc2c1. The second kappa shape index (κ2) is 12.1. The molecule has 0 fully saturated rings. The lowest BCUT2D eigenvalue weighted by Gasteiger charge is -2.25. The van der Waals surface area contributed by atoms with Gasteiger partial charge in [-0.25, -0.2) is 0 Å². The van der Waals surface area contributed by atoms with Gasteiger partial charge in [0.25, 0.3) is 20.2 Å². The third-order valence-corrected chi connectivity index (χ3v) is 9.31. The normalized spacial score (nSPS) is 13.1. The molecule has 0 amide bonds. The Morgan fingerprint density at radius 3 is 1.91 bits per heavy atom. The molecule has 0 aliphatic carbocycles. The maximum Gasteiger partial charge on any atom is 0.298 e. The molecule has 2 N–H and O–H groups in total. The van der Waals surface area contributed by atoms with Gasteiger partial charge < -0.3 is 9.47 Å². The summed E-state index contributed by atoms with van der Waals surface area (Å²) in [5.41, 5.74) is -0.516. The van der Waals surface area contributed by atoms with Crippen molar-refractivity contribution in [2.24, 2.45) is 0 Å². The molecule has 0 aliphatic rings. The van der Waals surface area contributed by atoms with Crippen LogP contribution in [0, 0.1) is 0 Å². The van der Waals surface area contributed by atoms with Crippen molar-refractivity contribution in [1.29, 1.82) is 0 Å². The summed E-state index contributed by atoms with van der Waals surface area (Å²) in [7, 11) is -9.53. The summed E-state index contributed by atoms with van der Waals surface area (Å²) in [5.74, 6) is 0.0128. The number of rotatable bonds is 11. The zero-order valence-corrected chi connectivity index (χ0v) is 26.1. The monoisotopic (exact) mass is 626 g/mol. The van der Waals surface area contributed by atoms with E-state index in [9.17, 15) is 30.7 Å². The van der Waals surface area contributed by atoms with Gasteiger partial charge in [-0.05, 0) is 90.0 Å². The maximum absolute atomic E-state index is 13.4. The minimum absolute atomic E-state index is 0.0242. The highest BCUT2D eigenvalue weighted by molar-refractivity contribution is 7.86. The van der Waals surface area contributed by atoms with Gasteiger partial charge in [-0.3, -0.25) is 13.9 Å². The zero-order valence-electron chi connectivity index (χ0n) is 24.5. The molecule has 0 radical (unpaired) electrons. The van der Waals surface area contributed by atoms with Crippen LogP contribution in [0.4, 0.5) is 0 Å². The Bertz CT molecular complexity index is 1910. The molecule has 4 aromatic carbocycles. The Kier molecular flexibility index (Phi) is 9.03. The van der Waals surface area contributed by atoms with Gasteiger partial charge in [0.2, 0.25) is 0 Å². The average molecular weight is 627 g/mol. The molecular formula is C32H34O9S2. The first-order chi connectivity index (χ1) is 20.0. The molecule has 0 heterocycles. The standard InChI is InChI=1S/C32H34O9S2/c1-6-20(3)40-25-12-8-21-9-13-26(17-24(21)16-25)41-28-15-11-23(19-30(28)43(37,38)39)31(33)22-10-14-27(32(4,5)7-2)29(18-22)42(34,35)36/h8-20H,6-7H2,1-5H3,(H,34,35,36)(H,37,38,39). The number of hydrogen-bond donors (Lipinski definition) is 2. The van der Waals surface area contributed by atoms with E-state index in [1.807, 2.05) is 52.8 Å². The van der Waals surface area contributed by atoms with Crippen molar-refractivity contribution in [3.63, 3.8) is 0 Å². The van der Waals surface area contributed by atoms with Crippen LogP contribution in [0.3, 0.4) is 0 Å². The first-order valence-corrected chi connectivity index (χ1v) is 16.6. The van der Waals surface area contributed by atoms with Gasteiger partial charge in [0, 0.05) is 11.1 Å². The first kappa shape index (κ1) is 32.2. The van der Waals surface area contributed by atoms with Crippen LogP contribution in [0.25, 0.3) is 10.8 Å². The number of benzene rings is 4. The van der Waals surface area contributed by atoms with Crippen molar-refractivity contribution in [3.05, 3.63) is 89.5 Å². The smallest absolute Gasteiger partial charge is 0.298 e. The molecule has 228 valence electrons.